The van der Waals surface area contributed by atoms with Crippen LogP contribution in [0.3, 0.4) is 0 Å². The summed E-state index contributed by atoms with van der Waals surface area (Å²) in [4.78, 5) is 20.1. The summed E-state index contributed by atoms with van der Waals surface area (Å²) in [5.41, 5.74) is 0. The topological polar surface area (TPSA) is 96.2 Å². The lowest BCUT2D eigenvalue weighted by atomic mass is 10.1. The molecule has 0 radical (unpaired) electrons. The maximum absolute atomic E-state index is 11.5. The van der Waals surface area contributed by atoms with Gasteiger partial charge in [-0.05, 0) is 13.3 Å². The molecule has 1 amide bonds. The average molecular weight is 321 g/mol. The fourth-order valence-electron chi connectivity index (χ4n) is 2.51. The summed E-state index contributed by atoms with van der Waals surface area (Å²) in [6, 6.07) is 0.278. The molecule has 23 heavy (non-hydrogen) atoms. The van der Waals surface area contributed by atoms with Gasteiger partial charge in [-0.3, -0.25) is 9.79 Å². The number of nitrogens with zero attached hydrogens (tertiary/aromatic N) is 4. The zero-order valence-electron chi connectivity index (χ0n) is 14.4. The molecule has 1 aromatic rings. The highest BCUT2D eigenvalue weighted by Crippen LogP contribution is 2.12. The molecular formula is C15H27N7O. The molecule has 1 aliphatic heterocycles. The number of rotatable bonds is 5. The van der Waals surface area contributed by atoms with Gasteiger partial charge in [0.2, 0.25) is 5.91 Å². The third-order valence-corrected chi connectivity index (χ3v) is 3.77. The van der Waals surface area contributed by atoms with Crippen LogP contribution in [0.4, 0.5) is 0 Å². The van der Waals surface area contributed by atoms with Gasteiger partial charge in [-0.25, -0.2) is 9.67 Å². The van der Waals surface area contributed by atoms with Crippen LogP contribution < -0.4 is 16.0 Å². The second-order valence-corrected chi connectivity index (χ2v) is 6.08. The molecule has 1 atom stereocenters. The molecule has 8 heteroatoms. The van der Waals surface area contributed by atoms with Crippen LogP contribution in [-0.2, 0) is 17.8 Å². The molecule has 3 N–H and O–H groups in total. The van der Waals surface area contributed by atoms with Crippen LogP contribution in [-0.4, -0.2) is 52.8 Å². The molecule has 1 unspecified atom stereocenters. The van der Waals surface area contributed by atoms with Crippen molar-refractivity contribution in [2.45, 2.75) is 46.2 Å². The normalized spacial score (nSPS) is 17.8. The fraction of sp³-hybridized carbons (Fsp3) is 0.733. The van der Waals surface area contributed by atoms with E-state index in [1.54, 1.807) is 7.05 Å². The van der Waals surface area contributed by atoms with E-state index >= 15 is 0 Å². The highest BCUT2D eigenvalue weighted by molar-refractivity contribution is 5.80. The van der Waals surface area contributed by atoms with Crippen molar-refractivity contribution in [3.63, 3.8) is 0 Å². The summed E-state index contributed by atoms with van der Waals surface area (Å²) in [5, 5.41) is 13.9. The van der Waals surface area contributed by atoms with Crippen molar-refractivity contribution in [2.75, 3.05) is 20.1 Å². The standard InChI is InChI=1S/C15H27N7O/c1-10(2)14(23)17-7-8-18-15(16-4)20-12-5-6-13-19-11(3)21-22(13)9-12/h10,12H,5-9H2,1-4H3,(H,17,23)(H2,16,18,20). The molecular weight excluding hydrogens is 294 g/mol. The van der Waals surface area contributed by atoms with E-state index in [1.165, 1.54) is 0 Å². The van der Waals surface area contributed by atoms with E-state index in [0.29, 0.717) is 13.1 Å². The first-order valence-electron chi connectivity index (χ1n) is 8.14. The minimum Gasteiger partial charge on any atom is -0.355 e. The quantitative estimate of drug-likeness (QED) is 0.398. The number of nitrogens with one attached hydrogen (secondary N) is 3. The Morgan fingerprint density at radius 2 is 2.13 bits per heavy atom. The van der Waals surface area contributed by atoms with E-state index in [0.717, 1.165) is 37.0 Å². The van der Waals surface area contributed by atoms with Crippen LogP contribution >= 0.6 is 0 Å². The Morgan fingerprint density at radius 1 is 1.39 bits per heavy atom. The molecule has 0 bridgehead atoms. The number of aromatic nitrogens is 3. The predicted molar refractivity (Wildman–Crippen MR) is 89.2 cm³/mol. The minimum atomic E-state index is 0.00927. The number of aliphatic imine (C=N–C) groups is 1. The fourth-order valence-corrected chi connectivity index (χ4v) is 2.51. The van der Waals surface area contributed by atoms with E-state index < -0.39 is 0 Å². The molecule has 8 nitrogen and oxygen atoms in total. The lowest BCUT2D eigenvalue weighted by Gasteiger charge is -2.25. The minimum absolute atomic E-state index is 0.00927. The Bertz CT molecular complexity index is 564. The molecule has 0 aromatic carbocycles. The predicted octanol–water partition coefficient (Wildman–Crippen LogP) is -0.161. The van der Waals surface area contributed by atoms with Crippen molar-refractivity contribution < 1.29 is 4.79 Å². The SMILES string of the molecule is CN=C(NCCNC(=O)C(C)C)NC1CCc2nc(C)nn2C1. The van der Waals surface area contributed by atoms with Crippen molar-refractivity contribution in [2.24, 2.45) is 10.9 Å². The van der Waals surface area contributed by atoms with Crippen LogP contribution in [0.1, 0.15) is 31.9 Å². The summed E-state index contributed by atoms with van der Waals surface area (Å²) >= 11 is 0. The number of fused-ring (bicyclic) bond motifs is 1. The maximum Gasteiger partial charge on any atom is 0.222 e. The summed E-state index contributed by atoms with van der Waals surface area (Å²) in [5.74, 6) is 2.70. The van der Waals surface area contributed by atoms with E-state index in [4.69, 9.17) is 0 Å². The smallest absolute Gasteiger partial charge is 0.222 e. The van der Waals surface area contributed by atoms with Gasteiger partial charge in [-0.2, -0.15) is 5.10 Å². The van der Waals surface area contributed by atoms with Crippen molar-refractivity contribution in [1.29, 1.82) is 0 Å². The van der Waals surface area contributed by atoms with Gasteiger partial charge in [0.05, 0.1) is 6.54 Å². The summed E-state index contributed by atoms with van der Waals surface area (Å²) in [7, 11) is 1.75. The Labute approximate surface area is 137 Å². The van der Waals surface area contributed by atoms with Crippen LogP contribution in [0, 0.1) is 12.8 Å². The van der Waals surface area contributed by atoms with Crippen LogP contribution in [0.5, 0.6) is 0 Å². The summed E-state index contributed by atoms with van der Waals surface area (Å²) < 4.78 is 1.96. The summed E-state index contributed by atoms with van der Waals surface area (Å²) in [6.45, 7) is 7.69. The molecule has 0 saturated heterocycles. The van der Waals surface area contributed by atoms with E-state index in [-0.39, 0.29) is 17.9 Å². The molecule has 1 aromatic heterocycles. The number of hydrogen-bond donors (Lipinski definition) is 3. The number of amides is 1. The molecule has 0 saturated carbocycles. The highest BCUT2D eigenvalue weighted by Gasteiger charge is 2.21. The summed E-state index contributed by atoms with van der Waals surface area (Å²) in [6.07, 6.45) is 1.92. The van der Waals surface area contributed by atoms with E-state index in [2.05, 4.69) is 31.0 Å². The van der Waals surface area contributed by atoms with Crippen molar-refractivity contribution >= 4 is 11.9 Å². The zero-order chi connectivity index (χ0) is 16.8. The Kier molecular flexibility index (Phi) is 5.95. The number of hydrogen-bond acceptors (Lipinski definition) is 4. The second kappa shape index (κ2) is 7.94. The molecule has 2 rings (SSSR count). The van der Waals surface area contributed by atoms with Gasteiger partial charge in [0.25, 0.3) is 0 Å². The molecule has 0 spiro atoms. The van der Waals surface area contributed by atoms with Gasteiger partial charge >= 0.3 is 0 Å². The van der Waals surface area contributed by atoms with Crippen LogP contribution in [0.2, 0.25) is 0 Å². The van der Waals surface area contributed by atoms with Crippen molar-refractivity contribution in [3.05, 3.63) is 11.6 Å². The average Bonchev–Trinajstić information content (AvgIpc) is 2.89. The third kappa shape index (κ3) is 4.94. The first kappa shape index (κ1) is 17.2. The van der Waals surface area contributed by atoms with Gasteiger partial charge < -0.3 is 16.0 Å². The number of guanidine groups is 1. The first-order chi connectivity index (χ1) is 11.0. The largest absolute Gasteiger partial charge is 0.355 e. The number of carbonyl (C=O) groups excluding carboxylic acids is 1. The lowest BCUT2D eigenvalue weighted by Crippen LogP contribution is -2.48. The molecule has 1 aliphatic rings. The maximum atomic E-state index is 11.5. The highest BCUT2D eigenvalue weighted by atomic mass is 16.1. The van der Waals surface area contributed by atoms with Crippen molar-refractivity contribution in [1.82, 2.24) is 30.7 Å². The van der Waals surface area contributed by atoms with Gasteiger partial charge in [0, 0.05) is 38.5 Å². The molecule has 0 aliphatic carbocycles. The zero-order valence-corrected chi connectivity index (χ0v) is 14.4. The van der Waals surface area contributed by atoms with Crippen molar-refractivity contribution in [3.8, 4) is 0 Å². The Morgan fingerprint density at radius 3 is 2.83 bits per heavy atom. The van der Waals surface area contributed by atoms with Gasteiger partial charge in [-0.15, -0.1) is 0 Å². The van der Waals surface area contributed by atoms with Crippen LogP contribution in [0.25, 0.3) is 0 Å². The van der Waals surface area contributed by atoms with Gasteiger partial charge in [0.1, 0.15) is 11.6 Å². The Hall–Kier alpha value is -2.12. The van der Waals surface area contributed by atoms with Gasteiger partial charge in [0.15, 0.2) is 5.96 Å². The van der Waals surface area contributed by atoms with Crippen LogP contribution in [0.15, 0.2) is 4.99 Å². The number of carbonyl (C=O) groups is 1. The molecule has 0 fully saturated rings. The first-order valence-corrected chi connectivity index (χ1v) is 8.14. The monoisotopic (exact) mass is 321 g/mol. The van der Waals surface area contributed by atoms with Gasteiger partial charge in [-0.1, -0.05) is 13.8 Å². The van der Waals surface area contributed by atoms with E-state index in [9.17, 15) is 4.79 Å². The molecule has 2 heterocycles. The lowest BCUT2D eigenvalue weighted by molar-refractivity contribution is -0.123. The van der Waals surface area contributed by atoms with E-state index in [1.807, 2.05) is 25.5 Å². The number of aryl methyl sites for hydroxylation is 2. The molecule has 128 valence electrons. The third-order valence-electron chi connectivity index (χ3n) is 3.77. The second-order valence-electron chi connectivity index (χ2n) is 6.08. The Balaban J connectivity index is 1.74.